The summed E-state index contributed by atoms with van der Waals surface area (Å²) in [7, 11) is 1.55. The van der Waals surface area contributed by atoms with Gasteiger partial charge in [0.25, 0.3) is 5.91 Å². The van der Waals surface area contributed by atoms with E-state index in [1.165, 1.54) is 12.1 Å². The first-order chi connectivity index (χ1) is 7.46. The van der Waals surface area contributed by atoms with Gasteiger partial charge in [0.15, 0.2) is 0 Å². The summed E-state index contributed by atoms with van der Waals surface area (Å²) in [6.45, 7) is 4.00. The first-order valence-electron chi connectivity index (χ1n) is 5.02. The molecule has 1 aromatic carbocycles. The highest BCUT2D eigenvalue weighted by Gasteiger charge is 2.22. The number of methoxy groups -OCH3 is 1. The third-order valence-electron chi connectivity index (χ3n) is 2.08. The van der Waals surface area contributed by atoms with E-state index in [2.05, 4.69) is 5.32 Å². The first kappa shape index (κ1) is 12.6. The fourth-order valence-electron chi connectivity index (χ4n) is 1.42. The van der Waals surface area contributed by atoms with Crippen molar-refractivity contribution < 1.29 is 13.9 Å². The van der Waals surface area contributed by atoms with Crippen LogP contribution >= 0.6 is 0 Å². The fourth-order valence-corrected chi connectivity index (χ4v) is 1.42. The zero-order valence-electron chi connectivity index (χ0n) is 9.71. The van der Waals surface area contributed by atoms with E-state index < -0.39 is 17.3 Å². The Labute approximate surface area is 94.6 Å². The van der Waals surface area contributed by atoms with Crippen molar-refractivity contribution in [3.05, 3.63) is 35.6 Å². The van der Waals surface area contributed by atoms with Gasteiger partial charge in [-0.05, 0) is 26.0 Å². The van der Waals surface area contributed by atoms with Gasteiger partial charge >= 0.3 is 0 Å². The van der Waals surface area contributed by atoms with Gasteiger partial charge in [0.05, 0.1) is 17.7 Å². The second kappa shape index (κ2) is 5.07. The molecule has 0 heterocycles. The van der Waals surface area contributed by atoms with E-state index in [1.54, 1.807) is 19.2 Å². The summed E-state index contributed by atoms with van der Waals surface area (Å²) in [4.78, 5) is 11.7. The average molecular weight is 225 g/mol. The van der Waals surface area contributed by atoms with Gasteiger partial charge < -0.3 is 10.1 Å². The molecule has 1 rings (SSSR count). The molecule has 1 amide bonds. The minimum absolute atomic E-state index is 0.0479. The summed E-state index contributed by atoms with van der Waals surface area (Å²) >= 11 is 0. The van der Waals surface area contributed by atoms with Gasteiger partial charge in [-0.3, -0.25) is 4.79 Å². The minimum Gasteiger partial charge on any atom is -0.382 e. The zero-order chi connectivity index (χ0) is 12.2. The van der Waals surface area contributed by atoms with E-state index >= 15 is 0 Å². The van der Waals surface area contributed by atoms with E-state index in [0.717, 1.165) is 0 Å². The lowest BCUT2D eigenvalue weighted by Gasteiger charge is -2.25. The summed E-state index contributed by atoms with van der Waals surface area (Å²) in [6.07, 6.45) is 0. The standard InChI is InChI=1S/C12H16FNO2/c1-12(2,8-16-3)14-11(15)9-6-4-5-7-10(9)13/h4-7H,8H2,1-3H3,(H,14,15). The summed E-state index contributed by atoms with van der Waals surface area (Å²) in [6, 6.07) is 5.89. The molecule has 0 radical (unpaired) electrons. The van der Waals surface area contributed by atoms with Gasteiger partial charge in [-0.2, -0.15) is 0 Å². The Morgan fingerprint density at radius 1 is 1.44 bits per heavy atom. The van der Waals surface area contributed by atoms with Crippen LogP contribution in [0.1, 0.15) is 24.2 Å². The molecule has 16 heavy (non-hydrogen) atoms. The van der Waals surface area contributed by atoms with Crippen LogP contribution in [-0.4, -0.2) is 25.2 Å². The number of nitrogens with one attached hydrogen (secondary N) is 1. The molecule has 4 heteroatoms. The molecule has 0 aromatic heterocycles. The molecule has 3 nitrogen and oxygen atoms in total. The number of carbonyl (C=O) groups excluding carboxylic acids is 1. The van der Waals surface area contributed by atoms with Gasteiger partial charge in [0.1, 0.15) is 5.82 Å². The maximum absolute atomic E-state index is 13.3. The third-order valence-corrected chi connectivity index (χ3v) is 2.08. The number of hydrogen-bond donors (Lipinski definition) is 1. The predicted molar refractivity (Wildman–Crippen MR) is 59.8 cm³/mol. The normalized spacial score (nSPS) is 11.2. The topological polar surface area (TPSA) is 38.3 Å². The van der Waals surface area contributed by atoms with Crippen LogP contribution in [0.15, 0.2) is 24.3 Å². The molecule has 0 aliphatic rings. The molecule has 0 atom stereocenters. The zero-order valence-corrected chi connectivity index (χ0v) is 9.71. The van der Waals surface area contributed by atoms with E-state index in [-0.39, 0.29) is 5.56 Å². The molecule has 0 spiro atoms. The van der Waals surface area contributed by atoms with Crippen LogP contribution in [0.5, 0.6) is 0 Å². The molecule has 1 aromatic rings. The van der Waals surface area contributed by atoms with Crippen LogP contribution < -0.4 is 5.32 Å². The minimum atomic E-state index is -0.520. The molecule has 1 N–H and O–H groups in total. The number of rotatable bonds is 4. The Balaban J connectivity index is 2.77. The van der Waals surface area contributed by atoms with E-state index in [4.69, 9.17) is 4.74 Å². The summed E-state index contributed by atoms with van der Waals surface area (Å²) in [5, 5.41) is 2.71. The van der Waals surface area contributed by atoms with Crippen LogP contribution in [0.25, 0.3) is 0 Å². The van der Waals surface area contributed by atoms with Crippen molar-refractivity contribution >= 4 is 5.91 Å². The van der Waals surface area contributed by atoms with Crippen LogP contribution in [-0.2, 0) is 4.74 Å². The fraction of sp³-hybridized carbons (Fsp3) is 0.417. The van der Waals surface area contributed by atoms with Crippen molar-refractivity contribution in [2.75, 3.05) is 13.7 Å². The third kappa shape index (κ3) is 3.31. The maximum Gasteiger partial charge on any atom is 0.254 e. The van der Waals surface area contributed by atoms with E-state index in [0.29, 0.717) is 6.61 Å². The Bertz CT molecular complexity index is 377. The van der Waals surface area contributed by atoms with Gasteiger partial charge in [-0.15, -0.1) is 0 Å². The van der Waals surface area contributed by atoms with Gasteiger partial charge in [0, 0.05) is 7.11 Å². The summed E-state index contributed by atoms with van der Waals surface area (Å²) < 4.78 is 18.3. The molecule has 0 bridgehead atoms. The van der Waals surface area contributed by atoms with Crippen molar-refractivity contribution in [3.8, 4) is 0 Å². The van der Waals surface area contributed by atoms with Crippen LogP contribution in [0.2, 0.25) is 0 Å². The van der Waals surface area contributed by atoms with Gasteiger partial charge in [-0.1, -0.05) is 12.1 Å². The summed E-state index contributed by atoms with van der Waals surface area (Å²) in [5.74, 6) is -0.951. The first-order valence-corrected chi connectivity index (χ1v) is 5.02. The lowest BCUT2D eigenvalue weighted by Crippen LogP contribution is -2.47. The van der Waals surface area contributed by atoms with E-state index in [9.17, 15) is 9.18 Å². The SMILES string of the molecule is COCC(C)(C)NC(=O)c1ccccc1F. The largest absolute Gasteiger partial charge is 0.382 e. The number of hydrogen-bond acceptors (Lipinski definition) is 2. The monoisotopic (exact) mass is 225 g/mol. The highest BCUT2D eigenvalue weighted by molar-refractivity contribution is 5.94. The number of benzene rings is 1. The van der Waals surface area contributed by atoms with Gasteiger partial charge in [0.2, 0.25) is 0 Å². The summed E-state index contributed by atoms with van der Waals surface area (Å²) in [5.41, 5.74) is -0.472. The molecule has 0 unspecified atom stereocenters. The molecule has 0 saturated heterocycles. The van der Waals surface area contributed by atoms with Crippen molar-refractivity contribution in [1.29, 1.82) is 0 Å². The molecule has 0 saturated carbocycles. The second-order valence-electron chi connectivity index (χ2n) is 4.25. The predicted octanol–water partition coefficient (Wildman–Crippen LogP) is 1.98. The second-order valence-corrected chi connectivity index (χ2v) is 4.25. The van der Waals surface area contributed by atoms with Crippen LogP contribution in [0, 0.1) is 5.82 Å². The van der Waals surface area contributed by atoms with Crippen LogP contribution in [0.3, 0.4) is 0 Å². The molecular formula is C12H16FNO2. The highest BCUT2D eigenvalue weighted by atomic mass is 19.1. The maximum atomic E-state index is 13.3. The smallest absolute Gasteiger partial charge is 0.254 e. The average Bonchev–Trinajstić information content (AvgIpc) is 2.17. The Hall–Kier alpha value is -1.42. The van der Waals surface area contributed by atoms with Crippen molar-refractivity contribution in [2.24, 2.45) is 0 Å². The number of halogens is 1. The number of ether oxygens (including phenoxy) is 1. The Morgan fingerprint density at radius 3 is 2.62 bits per heavy atom. The van der Waals surface area contributed by atoms with Crippen molar-refractivity contribution in [1.82, 2.24) is 5.32 Å². The quantitative estimate of drug-likeness (QED) is 0.851. The molecule has 0 fully saturated rings. The Morgan fingerprint density at radius 2 is 2.06 bits per heavy atom. The lowest BCUT2D eigenvalue weighted by molar-refractivity contribution is 0.0816. The number of carbonyl (C=O) groups is 1. The van der Waals surface area contributed by atoms with Gasteiger partial charge in [-0.25, -0.2) is 4.39 Å². The Kier molecular flexibility index (Phi) is 4.01. The number of amides is 1. The molecule has 0 aliphatic heterocycles. The molecule has 0 aliphatic carbocycles. The van der Waals surface area contributed by atoms with Crippen LogP contribution in [0.4, 0.5) is 4.39 Å². The van der Waals surface area contributed by atoms with Crippen molar-refractivity contribution in [3.63, 3.8) is 0 Å². The molecule has 88 valence electrons. The highest BCUT2D eigenvalue weighted by Crippen LogP contribution is 2.09. The molecular weight excluding hydrogens is 209 g/mol. The lowest BCUT2D eigenvalue weighted by atomic mass is 10.1. The van der Waals surface area contributed by atoms with E-state index in [1.807, 2.05) is 13.8 Å². The van der Waals surface area contributed by atoms with Crippen molar-refractivity contribution in [2.45, 2.75) is 19.4 Å².